The summed E-state index contributed by atoms with van der Waals surface area (Å²) in [5.41, 5.74) is 0.934. The van der Waals surface area contributed by atoms with Gasteiger partial charge in [-0.2, -0.15) is 22.0 Å². The Morgan fingerprint density at radius 1 is 0.844 bits per heavy atom. The van der Waals surface area contributed by atoms with Crippen LogP contribution < -0.4 is 4.74 Å². The molecule has 1 atom stereocenters. The molecule has 2 saturated carbocycles. The lowest BCUT2D eigenvalue weighted by Crippen LogP contribution is -2.45. The van der Waals surface area contributed by atoms with Gasteiger partial charge in [-0.25, -0.2) is 4.39 Å². The molecule has 1 aromatic carbocycles. The van der Waals surface area contributed by atoms with Crippen LogP contribution in [0.15, 0.2) is 24.3 Å². The van der Waals surface area contributed by atoms with Gasteiger partial charge in [0.2, 0.25) is 0 Å². The Morgan fingerprint density at radius 3 is 1.88 bits per heavy atom. The largest absolute Gasteiger partial charge is 0.439 e. The maximum Gasteiger partial charge on any atom is 0.439 e. The first-order chi connectivity index (χ1) is 15.1. The Morgan fingerprint density at radius 2 is 1.38 bits per heavy atom. The Labute approximate surface area is 184 Å². The third-order valence-electron chi connectivity index (χ3n) is 6.77. The minimum Gasteiger partial charge on any atom is -0.430 e. The fourth-order valence-electron chi connectivity index (χ4n) is 5.02. The number of methoxy groups -OCH3 is 1. The Kier molecular flexibility index (Phi) is 8.36. The Balaban J connectivity index is 1.47. The second-order valence-corrected chi connectivity index (χ2v) is 8.86. The molecule has 0 aliphatic heterocycles. The molecule has 2 aliphatic rings. The second-order valence-electron chi connectivity index (χ2n) is 8.86. The van der Waals surface area contributed by atoms with Crippen molar-refractivity contribution in [1.29, 1.82) is 0 Å². The molecule has 0 radical (unpaired) electrons. The molecule has 0 spiro atoms. The van der Waals surface area contributed by atoms with Gasteiger partial charge in [0.1, 0.15) is 12.5 Å². The van der Waals surface area contributed by atoms with E-state index in [4.69, 9.17) is 9.47 Å². The molecule has 0 saturated heterocycles. The van der Waals surface area contributed by atoms with Crippen LogP contribution in [-0.4, -0.2) is 38.5 Å². The number of benzene rings is 1. The van der Waals surface area contributed by atoms with Crippen LogP contribution in [0, 0.1) is 11.8 Å². The lowest BCUT2D eigenvalue weighted by atomic mass is 9.69. The zero-order chi connectivity index (χ0) is 23.4. The average Bonchev–Trinajstić information content (AvgIpc) is 2.77. The Bertz CT molecular complexity index is 693. The molecule has 1 unspecified atom stereocenters. The first-order valence-electron chi connectivity index (χ1n) is 11.1. The number of hydrogen-bond donors (Lipinski definition) is 0. The standard InChI is InChI=1S/C23H30F6O3/c1-30-14-31-19-10-6-17(7-11-19)15-2-4-16(5-3-15)18-8-12-20(13-9-18)32-23(28,29)21(24)22(25,26)27/h8-9,12-13,15-17,19,21H,2-7,10-11,14H2,1H3. The fourth-order valence-corrected chi connectivity index (χ4v) is 5.02. The zero-order valence-electron chi connectivity index (χ0n) is 18.1. The third-order valence-corrected chi connectivity index (χ3v) is 6.77. The summed E-state index contributed by atoms with van der Waals surface area (Å²) in [6, 6.07) is 5.52. The van der Waals surface area contributed by atoms with Crippen LogP contribution in [0.5, 0.6) is 5.75 Å². The van der Waals surface area contributed by atoms with Crippen LogP contribution in [0.3, 0.4) is 0 Å². The van der Waals surface area contributed by atoms with Gasteiger partial charge in [0.15, 0.2) is 0 Å². The van der Waals surface area contributed by atoms with Crippen LogP contribution >= 0.6 is 0 Å². The maximum atomic E-state index is 13.4. The van der Waals surface area contributed by atoms with Crippen molar-refractivity contribution in [1.82, 2.24) is 0 Å². The second kappa shape index (κ2) is 10.6. The average molecular weight is 468 g/mol. The van der Waals surface area contributed by atoms with Crippen molar-refractivity contribution in [2.45, 2.75) is 81.8 Å². The quantitative estimate of drug-likeness (QED) is 0.303. The predicted molar refractivity (Wildman–Crippen MR) is 106 cm³/mol. The van der Waals surface area contributed by atoms with E-state index in [1.165, 1.54) is 12.1 Å². The molecule has 2 fully saturated rings. The summed E-state index contributed by atoms with van der Waals surface area (Å²) in [6.45, 7) is 0.332. The minimum absolute atomic E-state index is 0.270. The molecule has 0 heterocycles. The van der Waals surface area contributed by atoms with Crippen molar-refractivity contribution in [3.63, 3.8) is 0 Å². The molecule has 9 heteroatoms. The molecule has 2 aliphatic carbocycles. The van der Waals surface area contributed by atoms with E-state index in [-0.39, 0.29) is 12.0 Å². The molecule has 0 aromatic heterocycles. The Hall–Kier alpha value is -1.48. The molecular formula is C23H30F6O3. The fraction of sp³-hybridized carbons (Fsp3) is 0.739. The van der Waals surface area contributed by atoms with Gasteiger partial charge >= 0.3 is 12.3 Å². The molecule has 182 valence electrons. The lowest BCUT2D eigenvalue weighted by Gasteiger charge is -2.37. The predicted octanol–water partition coefficient (Wildman–Crippen LogP) is 7.01. The summed E-state index contributed by atoms with van der Waals surface area (Å²) < 4.78 is 91.2. The maximum absolute atomic E-state index is 13.4. The van der Waals surface area contributed by atoms with Crippen LogP contribution in [0.4, 0.5) is 26.3 Å². The summed E-state index contributed by atoms with van der Waals surface area (Å²) in [6.07, 6.45) is -6.26. The van der Waals surface area contributed by atoms with Crippen molar-refractivity contribution >= 4 is 0 Å². The molecule has 3 rings (SSSR count). The van der Waals surface area contributed by atoms with Gasteiger partial charge in [-0.05, 0) is 86.8 Å². The first kappa shape index (κ1) is 25.1. The van der Waals surface area contributed by atoms with Crippen molar-refractivity contribution in [3.05, 3.63) is 29.8 Å². The van der Waals surface area contributed by atoms with E-state index in [9.17, 15) is 26.3 Å². The summed E-state index contributed by atoms with van der Waals surface area (Å²) in [5.74, 6) is 1.14. The van der Waals surface area contributed by atoms with Gasteiger partial charge in [-0.3, -0.25) is 0 Å². The van der Waals surface area contributed by atoms with E-state index in [0.29, 0.717) is 18.6 Å². The van der Waals surface area contributed by atoms with Crippen LogP contribution in [0.2, 0.25) is 0 Å². The monoisotopic (exact) mass is 468 g/mol. The summed E-state index contributed by atoms with van der Waals surface area (Å²) >= 11 is 0. The number of hydrogen-bond acceptors (Lipinski definition) is 3. The van der Waals surface area contributed by atoms with Gasteiger partial charge in [-0.1, -0.05) is 12.1 Å². The number of ether oxygens (including phenoxy) is 3. The summed E-state index contributed by atoms with van der Waals surface area (Å²) in [5, 5.41) is 0. The number of alkyl halides is 6. The van der Waals surface area contributed by atoms with Gasteiger partial charge in [0.25, 0.3) is 6.17 Å². The van der Waals surface area contributed by atoms with Crippen LogP contribution in [0.25, 0.3) is 0 Å². The molecule has 0 N–H and O–H groups in total. The van der Waals surface area contributed by atoms with E-state index in [2.05, 4.69) is 4.74 Å². The third kappa shape index (κ3) is 6.53. The molecule has 0 bridgehead atoms. The molecule has 32 heavy (non-hydrogen) atoms. The molecule has 3 nitrogen and oxygen atoms in total. The number of rotatable bonds is 8. The SMILES string of the molecule is COCOC1CCC(C2CCC(c3ccc(OC(F)(F)C(F)C(F)(F)F)cc3)CC2)CC1. The van der Waals surface area contributed by atoms with E-state index in [1.807, 2.05) is 0 Å². The highest BCUT2D eigenvalue weighted by atomic mass is 19.4. The highest BCUT2D eigenvalue weighted by Crippen LogP contribution is 2.44. The van der Waals surface area contributed by atoms with Gasteiger partial charge in [-0.15, -0.1) is 0 Å². The van der Waals surface area contributed by atoms with Crippen LogP contribution in [-0.2, 0) is 9.47 Å². The van der Waals surface area contributed by atoms with Crippen molar-refractivity contribution < 1.29 is 40.6 Å². The molecule has 0 amide bonds. The smallest absolute Gasteiger partial charge is 0.430 e. The topological polar surface area (TPSA) is 27.7 Å². The minimum atomic E-state index is -5.70. The summed E-state index contributed by atoms with van der Waals surface area (Å²) in [7, 11) is 1.62. The van der Waals surface area contributed by atoms with Crippen molar-refractivity contribution in [2.75, 3.05) is 13.9 Å². The van der Waals surface area contributed by atoms with E-state index < -0.39 is 24.2 Å². The van der Waals surface area contributed by atoms with Crippen molar-refractivity contribution in [3.8, 4) is 5.75 Å². The highest BCUT2D eigenvalue weighted by Gasteiger charge is 2.59. The molecule has 1 aromatic rings. The number of halogens is 6. The highest BCUT2D eigenvalue weighted by molar-refractivity contribution is 5.30. The summed E-state index contributed by atoms with van der Waals surface area (Å²) in [4.78, 5) is 0. The van der Waals surface area contributed by atoms with Gasteiger partial charge in [0.05, 0.1) is 6.10 Å². The van der Waals surface area contributed by atoms with Crippen LogP contribution in [0.1, 0.15) is 62.8 Å². The van der Waals surface area contributed by atoms with E-state index >= 15 is 0 Å². The molecular weight excluding hydrogens is 438 g/mol. The first-order valence-corrected chi connectivity index (χ1v) is 11.1. The van der Waals surface area contributed by atoms with E-state index in [0.717, 1.165) is 56.9 Å². The van der Waals surface area contributed by atoms with Gasteiger partial charge in [0, 0.05) is 7.11 Å². The van der Waals surface area contributed by atoms with Crippen molar-refractivity contribution in [2.24, 2.45) is 11.8 Å². The zero-order valence-corrected chi connectivity index (χ0v) is 18.1. The normalized spacial score (nSPS) is 28.3. The lowest BCUT2D eigenvalue weighted by molar-refractivity contribution is -0.304. The van der Waals surface area contributed by atoms with Gasteiger partial charge < -0.3 is 14.2 Å². The van der Waals surface area contributed by atoms with E-state index in [1.54, 1.807) is 19.2 Å².